The lowest BCUT2D eigenvalue weighted by Gasteiger charge is -2.17. The Morgan fingerprint density at radius 3 is 2.24 bits per heavy atom. The van der Waals surface area contributed by atoms with E-state index in [0.717, 1.165) is 23.3 Å². The van der Waals surface area contributed by atoms with Crippen molar-refractivity contribution in [2.24, 2.45) is 0 Å². The minimum Gasteiger partial charge on any atom is -0.378 e. The normalized spacial score (nSPS) is 13.0. The standard InChI is InChI=1S/C16H15ClF3N/c1-10-3-5-12(6-4-10)11(2)21-15-8-13(16(18,19)20)7-14(17)9-15/h3-9,11,21H,1-2H3. The molecule has 0 fully saturated rings. The molecule has 1 unspecified atom stereocenters. The van der Waals surface area contributed by atoms with Crippen molar-refractivity contribution in [1.82, 2.24) is 0 Å². The van der Waals surface area contributed by atoms with Crippen LogP contribution in [0.4, 0.5) is 18.9 Å². The third-order valence-electron chi connectivity index (χ3n) is 3.19. The van der Waals surface area contributed by atoms with E-state index in [0.29, 0.717) is 5.69 Å². The van der Waals surface area contributed by atoms with Crippen molar-refractivity contribution < 1.29 is 13.2 Å². The molecule has 1 atom stereocenters. The maximum absolute atomic E-state index is 12.8. The first-order chi connectivity index (χ1) is 9.75. The van der Waals surface area contributed by atoms with Gasteiger partial charge < -0.3 is 5.32 Å². The van der Waals surface area contributed by atoms with Gasteiger partial charge in [-0.3, -0.25) is 0 Å². The first kappa shape index (κ1) is 15.7. The predicted octanol–water partition coefficient (Wildman–Crippen LogP) is 5.84. The van der Waals surface area contributed by atoms with E-state index in [4.69, 9.17) is 11.6 Å². The largest absolute Gasteiger partial charge is 0.416 e. The van der Waals surface area contributed by atoms with Crippen LogP contribution in [0, 0.1) is 6.92 Å². The molecule has 0 spiro atoms. The molecule has 2 aromatic carbocycles. The molecule has 0 saturated carbocycles. The van der Waals surface area contributed by atoms with Gasteiger partial charge >= 0.3 is 6.18 Å². The van der Waals surface area contributed by atoms with Gasteiger partial charge in [-0.25, -0.2) is 0 Å². The first-order valence-corrected chi connectivity index (χ1v) is 6.84. The summed E-state index contributed by atoms with van der Waals surface area (Å²) in [6.07, 6.45) is -4.41. The van der Waals surface area contributed by atoms with E-state index < -0.39 is 11.7 Å². The quantitative estimate of drug-likeness (QED) is 0.750. The summed E-state index contributed by atoms with van der Waals surface area (Å²) in [6.45, 7) is 3.87. The Balaban J connectivity index is 2.23. The number of hydrogen-bond donors (Lipinski definition) is 1. The number of aryl methyl sites for hydroxylation is 1. The minimum atomic E-state index is -4.41. The molecule has 0 bridgehead atoms. The van der Waals surface area contributed by atoms with Crippen LogP contribution in [0.2, 0.25) is 5.02 Å². The van der Waals surface area contributed by atoms with Gasteiger partial charge in [0.05, 0.1) is 5.56 Å². The summed E-state index contributed by atoms with van der Waals surface area (Å²) in [5, 5.41) is 3.11. The van der Waals surface area contributed by atoms with Crippen molar-refractivity contribution in [1.29, 1.82) is 0 Å². The average molecular weight is 314 g/mol. The third kappa shape index (κ3) is 4.14. The summed E-state index contributed by atoms with van der Waals surface area (Å²) in [7, 11) is 0. The van der Waals surface area contributed by atoms with Gasteiger partial charge in [-0.05, 0) is 37.6 Å². The van der Waals surface area contributed by atoms with Crippen molar-refractivity contribution >= 4 is 17.3 Å². The Morgan fingerprint density at radius 2 is 1.67 bits per heavy atom. The molecule has 0 amide bonds. The highest BCUT2D eigenvalue weighted by molar-refractivity contribution is 6.30. The maximum atomic E-state index is 12.8. The molecule has 21 heavy (non-hydrogen) atoms. The smallest absolute Gasteiger partial charge is 0.378 e. The number of nitrogens with one attached hydrogen (secondary N) is 1. The summed E-state index contributed by atoms with van der Waals surface area (Å²) in [4.78, 5) is 0. The van der Waals surface area contributed by atoms with Gasteiger partial charge in [-0.1, -0.05) is 41.4 Å². The van der Waals surface area contributed by atoms with Gasteiger partial charge in [0.2, 0.25) is 0 Å². The van der Waals surface area contributed by atoms with Crippen molar-refractivity contribution in [3.63, 3.8) is 0 Å². The number of anilines is 1. The molecule has 0 heterocycles. The first-order valence-electron chi connectivity index (χ1n) is 6.46. The van der Waals surface area contributed by atoms with Crippen molar-refractivity contribution in [2.75, 3.05) is 5.32 Å². The summed E-state index contributed by atoms with van der Waals surface area (Å²) in [5.74, 6) is 0. The Hall–Kier alpha value is -1.68. The van der Waals surface area contributed by atoms with E-state index >= 15 is 0 Å². The fourth-order valence-electron chi connectivity index (χ4n) is 2.03. The number of rotatable bonds is 3. The lowest BCUT2D eigenvalue weighted by molar-refractivity contribution is -0.137. The van der Waals surface area contributed by atoms with E-state index in [2.05, 4.69) is 5.32 Å². The zero-order valence-electron chi connectivity index (χ0n) is 11.6. The second-order valence-corrected chi connectivity index (χ2v) is 5.44. The van der Waals surface area contributed by atoms with E-state index in [1.165, 1.54) is 6.07 Å². The minimum absolute atomic E-state index is 0.0587. The van der Waals surface area contributed by atoms with Crippen LogP contribution >= 0.6 is 11.6 Å². The predicted molar refractivity (Wildman–Crippen MR) is 79.7 cm³/mol. The van der Waals surface area contributed by atoms with Crippen LogP contribution in [0.5, 0.6) is 0 Å². The van der Waals surface area contributed by atoms with Crippen molar-refractivity contribution in [3.8, 4) is 0 Å². The Labute approximate surface area is 126 Å². The van der Waals surface area contributed by atoms with Crippen LogP contribution in [0.1, 0.15) is 29.7 Å². The maximum Gasteiger partial charge on any atom is 0.416 e. The van der Waals surface area contributed by atoms with Crippen LogP contribution < -0.4 is 5.32 Å². The van der Waals surface area contributed by atoms with E-state index in [1.54, 1.807) is 0 Å². The number of halogens is 4. The van der Waals surface area contributed by atoms with Crippen molar-refractivity contribution in [2.45, 2.75) is 26.1 Å². The monoisotopic (exact) mass is 313 g/mol. The van der Waals surface area contributed by atoms with Crippen LogP contribution in [-0.2, 0) is 6.18 Å². The van der Waals surface area contributed by atoms with Gasteiger partial charge in [0.25, 0.3) is 0 Å². The lowest BCUT2D eigenvalue weighted by atomic mass is 10.1. The molecule has 0 aliphatic carbocycles. The van der Waals surface area contributed by atoms with E-state index in [-0.39, 0.29) is 11.1 Å². The summed E-state index contributed by atoms with van der Waals surface area (Å²) < 4.78 is 38.3. The molecule has 1 nitrogen and oxygen atoms in total. The molecule has 0 aliphatic heterocycles. The second-order valence-electron chi connectivity index (χ2n) is 5.00. The zero-order valence-corrected chi connectivity index (χ0v) is 12.4. The molecule has 5 heteroatoms. The molecule has 0 aromatic heterocycles. The zero-order chi connectivity index (χ0) is 15.6. The summed E-state index contributed by atoms with van der Waals surface area (Å²) in [6, 6.07) is 11.2. The van der Waals surface area contributed by atoms with Gasteiger partial charge in [0, 0.05) is 16.8 Å². The number of alkyl halides is 3. The van der Waals surface area contributed by atoms with Gasteiger partial charge in [-0.15, -0.1) is 0 Å². The molecule has 0 radical (unpaired) electrons. The van der Waals surface area contributed by atoms with Crippen LogP contribution in [0.3, 0.4) is 0 Å². The van der Waals surface area contributed by atoms with Gasteiger partial charge in [-0.2, -0.15) is 13.2 Å². The molecule has 112 valence electrons. The molecular weight excluding hydrogens is 299 g/mol. The van der Waals surface area contributed by atoms with E-state index in [1.807, 2.05) is 38.1 Å². The third-order valence-corrected chi connectivity index (χ3v) is 3.40. The Bertz CT molecular complexity index is 620. The van der Waals surface area contributed by atoms with Gasteiger partial charge in [0.1, 0.15) is 0 Å². The molecule has 2 rings (SSSR count). The molecule has 0 aliphatic rings. The molecular formula is C16H15ClF3N. The summed E-state index contributed by atoms with van der Waals surface area (Å²) in [5.41, 5.74) is 1.72. The second kappa shape index (κ2) is 5.98. The Kier molecular flexibility index (Phi) is 4.47. The highest BCUT2D eigenvalue weighted by atomic mass is 35.5. The van der Waals surface area contributed by atoms with E-state index in [9.17, 15) is 13.2 Å². The number of benzene rings is 2. The van der Waals surface area contributed by atoms with Gasteiger partial charge in [0.15, 0.2) is 0 Å². The lowest BCUT2D eigenvalue weighted by Crippen LogP contribution is -2.09. The fourth-order valence-corrected chi connectivity index (χ4v) is 2.26. The molecule has 1 N–H and O–H groups in total. The number of hydrogen-bond acceptors (Lipinski definition) is 1. The van der Waals surface area contributed by atoms with Crippen LogP contribution in [0.25, 0.3) is 0 Å². The highest BCUT2D eigenvalue weighted by Crippen LogP contribution is 2.34. The highest BCUT2D eigenvalue weighted by Gasteiger charge is 2.31. The average Bonchev–Trinajstić information content (AvgIpc) is 2.37. The van der Waals surface area contributed by atoms with Crippen LogP contribution in [-0.4, -0.2) is 0 Å². The van der Waals surface area contributed by atoms with Crippen LogP contribution in [0.15, 0.2) is 42.5 Å². The topological polar surface area (TPSA) is 12.0 Å². The summed E-state index contributed by atoms with van der Waals surface area (Å²) >= 11 is 5.77. The SMILES string of the molecule is Cc1ccc(C(C)Nc2cc(Cl)cc(C(F)(F)F)c2)cc1. The fraction of sp³-hybridized carbons (Fsp3) is 0.250. The molecule has 2 aromatic rings. The molecule has 0 saturated heterocycles. The van der Waals surface area contributed by atoms with Crippen molar-refractivity contribution in [3.05, 3.63) is 64.2 Å². The Morgan fingerprint density at radius 1 is 1.05 bits per heavy atom.